The van der Waals surface area contributed by atoms with Crippen molar-refractivity contribution in [1.82, 2.24) is 0 Å². The van der Waals surface area contributed by atoms with Crippen LogP contribution in [-0.2, 0) is 12.1 Å². The van der Waals surface area contributed by atoms with Crippen LogP contribution in [0.15, 0.2) is 16.6 Å². The minimum atomic E-state index is -4.40. The van der Waals surface area contributed by atoms with Gasteiger partial charge in [0.05, 0.1) is 17.1 Å². The van der Waals surface area contributed by atoms with Gasteiger partial charge in [0.2, 0.25) is 0 Å². The number of hydrogen-bond donors (Lipinski definition) is 0. The first kappa shape index (κ1) is 12.6. The molecule has 0 aromatic heterocycles. The van der Waals surface area contributed by atoms with Crippen LogP contribution in [0.25, 0.3) is 0 Å². The molecule has 0 aliphatic rings. The van der Waals surface area contributed by atoms with Crippen LogP contribution >= 0.6 is 27.5 Å². The highest BCUT2D eigenvalue weighted by molar-refractivity contribution is 9.10. The van der Waals surface area contributed by atoms with Crippen LogP contribution < -0.4 is 4.74 Å². The Bertz CT molecular complexity index is 365. The highest BCUT2D eigenvalue weighted by Crippen LogP contribution is 2.39. The molecule has 0 bridgehead atoms. The third-order valence-electron chi connectivity index (χ3n) is 1.87. The van der Waals surface area contributed by atoms with E-state index < -0.39 is 11.7 Å². The molecule has 0 atom stereocenters. The lowest BCUT2D eigenvalue weighted by Crippen LogP contribution is -2.09. The predicted molar refractivity (Wildman–Crippen MR) is 55.3 cm³/mol. The zero-order valence-electron chi connectivity index (χ0n) is 7.66. The number of halogens is 5. The molecule has 0 saturated carbocycles. The van der Waals surface area contributed by atoms with Gasteiger partial charge in [-0.1, -0.05) is 0 Å². The molecule has 0 amide bonds. The van der Waals surface area contributed by atoms with Crippen LogP contribution in [0.1, 0.15) is 11.1 Å². The van der Waals surface area contributed by atoms with E-state index in [1.165, 1.54) is 13.2 Å². The van der Waals surface area contributed by atoms with Crippen LogP contribution in [0.5, 0.6) is 5.75 Å². The molecule has 0 aliphatic heterocycles. The highest BCUT2D eigenvalue weighted by atomic mass is 79.9. The second-order valence-electron chi connectivity index (χ2n) is 2.74. The first-order chi connectivity index (χ1) is 6.91. The van der Waals surface area contributed by atoms with Crippen molar-refractivity contribution in [1.29, 1.82) is 0 Å². The summed E-state index contributed by atoms with van der Waals surface area (Å²) in [6, 6.07) is 2.21. The van der Waals surface area contributed by atoms with Crippen LogP contribution in [-0.4, -0.2) is 7.11 Å². The molecule has 1 aromatic carbocycles. The Morgan fingerprint density at radius 2 is 2.00 bits per heavy atom. The summed E-state index contributed by atoms with van der Waals surface area (Å²) in [4.78, 5) is 0. The standard InChI is InChI=1S/C9H7BrClF3O/c1-15-7-3-2-6(9(12,13)14)5(4-11)8(7)10/h2-3H,4H2,1H3. The minimum absolute atomic E-state index is 0.0106. The number of methoxy groups -OCH3 is 1. The Kier molecular flexibility index (Phi) is 3.89. The quantitative estimate of drug-likeness (QED) is 0.744. The summed E-state index contributed by atoms with van der Waals surface area (Å²) in [7, 11) is 1.38. The molecule has 15 heavy (non-hydrogen) atoms. The Morgan fingerprint density at radius 1 is 1.40 bits per heavy atom. The van der Waals surface area contributed by atoms with Crippen molar-refractivity contribution in [2.75, 3.05) is 7.11 Å². The Hall–Kier alpha value is -0.420. The van der Waals surface area contributed by atoms with E-state index in [4.69, 9.17) is 16.3 Å². The molecule has 0 N–H and O–H groups in total. The average molecular weight is 304 g/mol. The lowest BCUT2D eigenvalue weighted by molar-refractivity contribution is -0.138. The first-order valence-corrected chi connectivity index (χ1v) is 5.23. The van der Waals surface area contributed by atoms with Crippen molar-refractivity contribution < 1.29 is 17.9 Å². The zero-order valence-corrected chi connectivity index (χ0v) is 10.0. The van der Waals surface area contributed by atoms with E-state index in [9.17, 15) is 13.2 Å². The lowest BCUT2D eigenvalue weighted by atomic mass is 10.1. The number of hydrogen-bond acceptors (Lipinski definition) is 1. The van der Waals surface area contributed by atoms with E-state index >= 15 is 0 Å². The summed E-state index contributed by atoms with van der Waals surface area (Å²) in [6.07, 6.45) is -4.40. The van der Waals surface area contributed by atoms with E-state index in [1.54, 1.807) is 0 Å². The SMILES string of the molecule is COc1ccc(C(F)(F)F)c(CCl)c1Br. The summed E-state index contributed by atoms with van der Waals surface area (Å²) in [6.45, 7) is 0. The van der Waals surface area contributed by atoms with Crippen LogP contribution in [0.4, 0.5) is 13.2 Å². The summed E-state index contributed by atoms with van der Waals surface area (Å²) in [5.74, 6) is 0.103. The number of rotatable bonds is 2. The summed E-state index contributed by atoms with van der Waals surface area (Å²) >= 11 is 8.52. The first-order valence-electron chi connectivity index (χ1n) is 3.90. The maximum Gasteiger partial charge on any atom is 0.416 e. The topological polar surface area (TPSA) is 9.23 Å². The minimum Gasteiger partial charge on any atom is -0.496 e. The van der Waals surface area contributed by atoms with Crippen LogP contribution in [0.3, 0.4) is 0 Å². The Morgan fingerprint density at radius 3 is 2.40 bits per heavy atom. The maximum atomic E-state index is 12.5. The average Bonchev–Trinajstić information content (AvgIpc) is 2.15. The fraction of sp³-hybridized carbons (Fsp3) is 0.333. The van der Waals surface area contributed by atoms with Crippen molar-refractivity contribution in [3.05, 3.63) is 27.7 Å². The van der Waals surface area contributed by atoms with Gasteiger partial charge < -0.3 is 4.74 Å². The molecule has 0 aliphatic carbocycles. The number of benzene rings is 1. The van der Waals surface area contributed by atoms with E-state index in [0.29, 0.717) is 5.75 Å². The summed E-state index contributed by atoms with van der Waals surface area (Å²) in [5.41, 5.74) is -0.756. The molecule has 1 aromatic rings. The van der Waals surface area contributed by atoms with E-state index in [-0.39, 0.29) is 15.9 Å². The summed E-state index contributed by atoms with van der Waals surface area (Å²) < 4.78 is 42.7. The van der Waals surface area contributed by atoms with E-state index in [0.717, 1.165) is 6.07 Å². The molecule has 84 valence electrons. The molecule has 0 radical (unpaired) electrons. The molecular formula is C9H7BrClF3O. The fourth-order valence-electron chi connectivity index (χ4n) is 1.15. The van der Waals surface area contributed by atoms with Gasteiger partial charge in [-0.05, 0) is 33.6 Å². The van der Waals surface area contributed by atoms with E-state index in [1.807, 2.05) is 0 Å². The molecule has 0 heterocycles. The largest absolute Gasteiger partial charge is 0.496 e. The van der Waals surface area contributed by atoms with Gasteiger partial charge in [0.1, 0.15) is 5.75 Å². The van der Waals surface area contributed by atoms with Gasteiger partial charge >= 0.3 is 6.18 Å². The Balaban J connectivity index is 3.38. The lowest BCUT2D eigenvalue weighted by Gasteiger charge is -2.14. The third kappa shape index (κ3) is 2.58. The molecule has 0 spiro atoms. The summed E-state index contributed by atoms with van der Waals surface area (Å²) in [5, 5.41) is 0. The second-order valence-corrected chi connectivity index (χ2v) is 3.80. The second kappa shape index (κ2) is 4.61. The van der Waals surface area contributed by atoms with E-state index in [2.05, 4.69) is 15.9 Å². The van der Waals surface area contributed by atoms with Gasteiger partial charge in [-0.15, -0.1) is 11.6 Å². The van der Waals surface area contributed by atoms with Crippen molar-refractivity contribution in [2.24, 2.45) is 0 Å². The Labute approximate surface area is 98.3 Å². The molecule has 1 nitrogen and oxygen atoms in total. The van der Waals surface area contributed by atoms with Crippen molar-refractivity contribution in [2.45, 2.75) is 12.1 Å². The number of ether oxygens (including phenoxy) is 1. The van der Waals surface area contributed by atoms with Crippen LogP contribution in [0, 0.1) is 0 Å². The van der Waals surface area contributed by atoms with Crippen molar-refractivity contribution in [3.63, 3.8) is 0 Å². The molecule has 6 heteroatoms. The van der Waals surface area contributed by atoms with Gasteiger partial charge in [0, 0.05) is 5.88 Å². The van der Waals surface area contributed by atoms with Crippen molar-refractivity contribution in [3.8, 4) is 5.75 Å². The van der Waals surface area contributed by atoms with Gasteiger partial charge in [0.15, 0.2) is 0 Å². The molecular weight excluding hydrogens is 296 g/mol. The normalized spacial score (nSPS) is 11.6. The fourth-order valence-corrected chi connectivity index (χ4v) is 2.24. The van der Waals surface area contributed by atoms with Gasteiger partial charge in [0.25, 0.3) is 0 Å². The van der Waals surface area contributed by atoms with Gasteiger partial charge in [-0.25, -0.2) is 0 Å². The van der Waals surface area contributed by atoms with Crippen molar-refractivity contribution >= 4 is 27.5 Å². The predicted octanol–water partition coefficient (Wildman–Crippen LogP) is 4.22. The van der Waals surface area contributed by atoms with Gasteiger partial charge in [-0.3, -0.25) is 0 Å². The monoisotopic (exact) mass is 302 g/mol. The highest BCUT2D eigenvalue weighted by Gasteiger charge is 2.34. The molecule has 1 rings (SSSR count). The van der Waals surface area contributed by atoms with Gasteiger partial charge in [-0.2, -0.15) is 13.2 Å². The third-order valence-corrected chi connectivity index (χ3v) is 3.00. The number of alkyl halides is 4. The zero-order chi connectivity index (χ0) is 11.6. The maximum absolute atomic E-state index is 12.5. The molecule has 0 saturated heterocycles. The molecule has 0 unspecified atom stereocenters. The smallest absolute Gasteiger partial charge is 0.416 e. The van der Waals surface area contributed by atoms with Crippen LogP contribution in [0.2, 0.25) is 0 Å². The molecule has 0 fully saturated rings.